The van der Waals surface area contributed by atoms with Gasteiger partial charge < -0.3 is 10.2 Å². The van der Waals surface area contributed by atoms with E-state index in [1.165, 1.54) is 0 Å². The predicted octanol–water partition coefficient (Wildman–Crippen LogP) is 5.74. The fraction of sp³-hybridized carbons (Fsp3) is 0.294. The maximum Gasteiger partial charge on any atom is 0.118 e. The van der Waals surface area contributed by atoms with Crippen LogP contribution in [0.25, 0.3) is 0 Å². The van der Waals surface area contributed by atoms with Crippen molar-refractivity contribution in [3.8, 4) is 11.5 Å². The van der Waals surface area contributed by atoms with Gasteiger partial charge in [-0.3, -0.25) is 0 Å². The van der Waals surface area contributed by atoms with Crippen LogP contribution in [0.4, 0.5) is 0 Å². The monoisotopic (exact) mass is 326 g/mol. The minimum atomic E-state index is 0.291. The Balaban J connectivity index is 0.000000219. The van der Waals surface area contributed by atoms with Crippen LogP contribution in [0, 0.1) is 6.92 Å². The van der Waals surface area contributed by atoms with Crippen LogP contribution >= 0.6 is 23.2 Å². The molecule has 0 aromatic heterocycles. The molecule has 2 nitrogen and oxygen atoms in total. The van der Waals surface area contributed by atoms with Crippen molar-refractivity contribution in [1.29, 1.82) is 0 Å². The molecule has 0 bridgehead atoms. The molecular formula is C17H20Cl2O2. The van der Waals surface area contributed by atoms with Gasteiger partial charge in [-0.05, 0) is 67.3 Å². The number of aromatic hydroxyl groups is 2. The molecule has 0 aliphatic rings. The van der Waals surface area contributed by atoms with Gasteiger partial charge in [-0.15, -0.1) is 0 Å². The summed E-state index contributed by atoms with van der Waals surface area (Å²) in [7, 11) is 0. The number of benzene rings is 2. The second kappa shape index (κ2) is 8.81. The van der Waals surface area contributed by atoms with Crippen LogP contribution < -0.4 is 0 Å². The molecule has 21 heavy (non-hydrogen) atoms. The van der Waals surface area contributed by atoms with Crippen LogP contribution in [0.2, 0.25) is 10.0 Å². The minimum absolute atomic E-state index is 0.291. The van der Waals surface area contributed by atoms with Crippen LogP contribution in [0.3, 0.4) is 0 Å². The Labute approximate surface area is 136 Å². The number of halogens is 2. The summed E-state index contributed by atoms with van der Waals surface area (Å²) in [6, 6.07) is 10.1. The molecule has 114 valence electrons. The highest BCUT2D eigenvalue weighted by Crippen LogP contribution is 2.23. The van der Waals surface area contributed by atoms with Crippen LogP contribution in [-0.4, -0.2) is 10.2 Å². The molecule has 0 radical (unpaired) electrons. The van der Waals surface area contributed by atoms with Crippen molar-refractivity contribution in [2.75, 3.05) is 0 Å². The van der Waals surface area contributed by atoms with E-state index in [0.29, 0.717) is 21.5 Å². The standard InChI is InChI=1S/C10H13ClO.C7H7ClO/c1-2-3-4-8-7-9(11)5-6-10(8)12;1-5-4-6(8)2-3-7(5)9/h5-7,12H,2-4H2,1H3;2-4,9H,1H3. The average molecular weight is 327 g/mol. The molecule has 2 aromatic rings. The van der Waals surface area contributed by atoms with E-state index in [1.54, 1.807) is 37.3 Å². The van der Waals surface area contributed by atoms with Gasteiger partial charge in [-0.25, -0.2) is 0 Å². The van der Waals surface area contributed by atoms with Crippen molar-refractivity contribution < 1.29 is 10.2 Å². The molecule has 0 aliphatic heterocycles. The zero-order valence-corrected chi connectivity index (χ0v) is 13.7. The molecular weight excluding hydrogens is 307 g/mol. The smallest absolute Gasteiger partial charge is 0.118 e. The van der Waals surface area contributed by atoms with Gasteiger partial charge in [0.25, 0.3) is 0 Å². The lowest BCUT2D eigenvalue weighted by Crippen LogP contribution is -1.85. The van der Waals surface area contributed by atoms with Gasteiger partial charge in [-0.1, -0.05) is 36.5 Å². The highest BCUT2D eigenvalue weighted by Gasteiger charge is 2.00. The summed E-state index contributed by atoms with van der Waals surface area (Å²) in [5.74, 6) is 0.646. The SMILES string of the molecule is CCCCc1cc(Cl)ccc1O.Cc1cc(Cl)ccc1O. The largest absolute Gasteiger partial charge is 0.508 e. The minimum Gasteiger partial charge on any atom is -0.508 e. The molecule has 0 heterocycles. The first-order valence-electron chi connectivity index (χ1n) is 6.86. The van der Waals surface area contributed by atoms with E-state index < -0.39 is 0 Å². The Morgan fingerprint density at radius 3 is 2.00 bits per heavy atom. The van der Waals surface area contributed by atoms with E-state index in [4.69, 9.17) is 28.3 Å². The normalized spacial score (nSPS) is 9.90. The van der Waals surface area contributed by atoms with Gasteiger partial charge in [0, 0.05) is 10.0 Å². The fourth-order valence-electron chi connectivity index (χ4n) is 1.74. The van der Waals surface area contributed by atoms with Crippen molar-refractivity contribution in [2.24, 2.45) is 0 Å². The molecule has 0 atom stereocenters. The summed E-state index contributed by atoms with van der Waals surface area (Å²) in [4.78, 5) is 0. The van der Waals surface area contributed by atoms with Crippen LogP contribution in [0.5, 0.6) is 11.5 Å². The molecule has 2 N–H and O–H groups in total. The van der Waals surface area contributed by atoms with Crippen molar-refractivity contribution in [2.45, 2.75) is 33.1 Å². The van der Waals surface area contributed by atoms with Crippen LogP contribution in [-0.2, 0) is 6.42 Å². The van der Waals surface area contributed by atoms with Crippen molar-refractivity contribution in [1.82, 2.24) is 0 Å². The van der Waals surface area contributed by atoms with Crippen LogP contribution in [0.1, 0.15) is 30.9 Å². The number of rotatable bonds is 3. The summed E-state index contributed by atoms with van der Waals surface area (Å²) in [5, 5.41) is 19.7. The number of unbranched alkanes of at least 4 members (excludes halogenated alkanes) is 1. The Hall–Kier alpha value is -1.38. The summed E-state index contributed by atoms with van der Waals surface area (Å²) < 4.78 is 0. The van der Waals surface area contributed by atoms with Gasteiger partial charge in [0.2, 0.25) is 0 Å². The van der Waals surface area contributed by atoms with Crippen molar-refractivity contribution in [3.05, 3.63) is 57.6 Å². The lowest BCUT2D eigenvalue weighted by molar-refractivity contribution is 0.467. The third-order valence-corrected chi connectivity index (χ3v) is 3.47. The lowest BCUT2D eigenvalue weighted by Gasteiger charge is -2.03. The summed E-state index contributed by atoms with van der Waals surface area (Å²) in [6.07, 6.45) is 3.13. The maximum absolute atomic E-state index is 9.40. The molecule has 0 aliphatic carbocycles. The molecule has 0 saturated heterocycles. The van der Waals surface area contributed by atoms with E-state index in [-0.39, 0.29) is 0 Å². The molecule has 0 saturated carbocycles. The molecule has 2 aromatic carbocycles. The maximum atomic E-state index is 9.40. The zero-order valence-electron chi connectivity index (χ0n) is 12.2. The second-order valence-electron chi connectivity index (χ2n) is 4.81. The molecule has 0 fully saturated rings. The van der Waals surface area contributed by atoms with E-state index in [0.717, 1.165) is 30.4 Å². The van der Waals surface area contributed by atoms with E-state index in [9.17, 15) is 5.11 Å². The molecule has 2 rings (SSSR count). The Kier molecular flexibility index (Phi) is 7.41. The predicted molar refractivity (Wildman–Crippen MR) is 89.6 cm³/mol. The van der Waals surface area contributed by atoms with E-state index >= 15 is 0 Å². The quantitative estimate of drug-likeness (QED) is 0.754. The van der Waals surface area contributed by atoms with Crippen molar-refractivity contribution in [3.63, 3.8) is 0 Å². The first-order chi connectivity index (χ1) is 9.93. The molecule has 4 heteroatoms. The number of phenolic OH excluding ortho intramolecular Hbond substituents is 2. The average Bonchev–Trinajstić information content (AvgIpc) is 2.45. The molecule has 0 unspecified atom stereocenters. The van der Waals surface area contributed by atoms with Gasteiger partial charge in [-0.2, -0.15) is 0 Å². The Morgan fingerprint density at radius 2 is 1.48 bits per heavy atom. The number of phenols is 2. The zero-order chi connectivity index (χ0) is 15.8. The first kappa shape index (κ1) is 17.7. The van der Waals surface area contributed by atoms with E-state index in [1.807, 2.05) is 6.07 Å². The summed E-state index contributed by atoms with van der Waals surface area (Å²) >= 11 is 11.4. The Morgan fingerprint density at radius 1 is 0.905 bits per heavy atom. The highest BCUT2D eigenvalue weighted by molar-refractivity contribution is 6.30. The van der Waals surface area contributed by atoms with Gasteiger partial charge in [0.05, 0.1) is 0 Å². The van der Waals surface area contributed by atoms with Crippen molar-refractivity contribution >= 4 is 23.2 Å². The van der Waals surface area contributed by atoms with Gasteiger partial charge in [0.15, 0.2) is 0 Å². The number of hydrogen-bond donors (Lipinski definition) is 2. The topological polar surface area (TPSA) is 40.5 Å². The second-order valence-corrected chi connectivity index (χ2v) is 5.68. The van der Waals surface area contributed by atoms with Crippen LogP contribution in [0.15, 0.2) is 36.4 Å². The summed E-state index contributed by atoms with van der Waals surface area (Å²) in [6.45, 7) is 3.93. The number of hydrogen-bond acceptors (Lipinski definition) is 2. The van der Waals surface area contributed by atoms with Gasteiger partial charge >= 0.3 is 0 Å². The third-order valence-electron chi connectivity index (χ3n) is 3.00. The highest BCUT2D eigenvalue weighted by atomic mass is 35.5. The van der Waals surface area contributed by atoms with E-state index in [2.05, 4.69) is 6.92 Å². The molecule has 0 spiro atoms. The first-order valence-corrected chi connectivity index (χ1v) is 7.62. The fourth-order valence-corrected chi connectivity index (χ4v) is 2.16. The third kappa shape index (κ3) is 6.28. The van der Waals surface area contributed by atoms with Gasteiger partial charge in [0.1, 0.15) is 11.5 Å². The molecule has 0 amide bonds. The number of aryl methyl sites for hydroxylation is 2. The summed E-state index contributed by atoms with van der Waals surface area (Å²) in [5.41, 5.74) is 1.76. The lowest BCUT2D eigenvalue weighted by atomic mass is 10.1. The Bertz CT molecular complexity index is 583.